The van der Waals surface area contributed by atoms with Crippen LogP contribution in [-0.4, -0.2) is 37.6 Å². The maximum Gasteiger partial charge on any atom is 0.318 e. The van der Waals surface area contributed by atoms with E-state index < -0.39 is 0 Å². The highest BCUT2D eigenvalue weighted by Crippen LogP contribution is 2.20. The smallest absolute Gasteiger partial charge is 0.318 e. The van der Waals surface area contributed by atoms with Crippen molar-refractivity contribution < 1.29 is 9.18 Å². The molecule has 98 valence electrons. The molecule has 0 spiro atoms. The van der Waals surface area contributed by atoms with Gasteiger partial charge in [-0.3, -0.25) is 0 Å². The molecule has 0 aliphatic carbocycles. The number of nitrogens with one attached hydrogen (secondary N) is 2. The highest BCUT2D eigenvalue weighted by molar-refractivity contribution is 5.77. The van der Waals surface area contributed by atoms with Crippen molar-refractivity contribution in [1.29, 1.82) is 0 Å². The van der Waals surface area contributed by atoms with Gasteiger partial charge in [-0.05, 0) is 37.7 Å². The first-order valence-electron chi connectivity index (χ1n) is 6.16. The van der Waals surface area contributed by atoms with Gasteiger partial charge in [-0.25, -0.2) is 9.18 Å². The summed E-state index contributed by atoms with van der Waals surface area (Å²) < 4.78 is 12.8. The van der Waals surface area contributed by atoms with Crippen LogP contribution in [0.3, 0.4) is 0 Å². The van der Waals surface area contributed by atoms with Crippen LogP contribution < -0.4 is 10.6 Å². The van der Waals surface area contributed by atoms with Gasteiger partial charge in [0.15, 0.2) is 0 Å². The van der Waals surface area contributed by atoms with Crippen molar-refractivity contribution in [2.75, 3.05) is 26.7 Å². The number of carbonyl (C=O) groups is 1. The first-order chi connectivity index (χ1) is 8.70. The lowest BCUT2D eigenvalue weighted by Crippen LogP contribution is -2.30. The number of hydrogen-bond acceptors (Lipinski definition) is 2. The van der Waals surface area contributed by atoms with E-state index in [0.29, 0.717) is 6.54 Å². The normalized spacial score (nSPS) is 19.1. The van der Waals surface area contributed by atoms with Gasteiger partial charge in [0.1, 0.15) is 5.82 Å². The summed E-state index contributed by atoms with van der Waals surface area (Å²) >= 11 is 0. The molecular weight excluding hydrogens is 233 g/mol. The molecule has 1 fully saturated rings. The number of nitrogens with zero attached hydrogens (tertiary/aromatic N) is 1. The summed E-state index contributed by atoms with van der Waals surface area (Å²) in [6.45, 7) is 2.28. The minimum absolute atomic E-state index is 0.0346. The van der Waals surface area contributed by atoms with Gasteiger partial charge < -0.3 is 15.5 Å². The fourth-order valence-electron chi connectivity index (χ4n) is 2.11. The molecule has 4 nitrogen and oxygen atoms in total. The van der Waals surface area contributed by atoms with Crippen molar-refractivity contribution >= 4 is 6.03 Å². The summed E-state index contributed by atoms with van der Waals surface area (Å²) in [4.78, 5) is 13.5. The van der Waals surface area contributed by atoms with Gasteiger partial charge in [0.2, 0.25) is 0 Å². The molecular formula is C13H18FN3O. The van der Waals surface area contributed by atoms with E-state index in [1.807, 2.05) is 7.05 Å². The van der Waals surface area contributed by atoms with Crippen LogP contribution in [0.25, 0.3) is 0 Å². The molecule has 2 rings (SSSR count). The Morgan fingerprint density at radius 2 is 2.17 bits per heavy atom. The van der Waals surface area contributed by atoms with Gasteiger partial charge in [-0.15, -0.1) is 0 Å². The standard InChI is InChI=1S/C13H18FN3O/c1-15-7-2-8-17-9-12(16-13(17)18)10-3-5-11(14)6-4-10/h3-6,12,15H,2,7-9H2,1H3,(H,16,18). The molecule has 0 saturated carbocycles. The first-order valence-corrected chi connectivity index (χ1v) is 6.16. The van der Waals surface area contributed by atoms with E-state index in [9.17, 15) is 9.18 Å². The maximum absolute atomic E-state index is 12.8. The molecule has 1 aliphatic heterocycles. The summed E-state index contributed by atoms with van der Waals surface area (Å²) in [5.74, 6) is -0.256. The van der Waals surface area contributed by atoms with Crippen LogP contribution in [0.2, 0.25) is 0 Å². The van der Waals surface area contributed by atoms with Crippen molar-refractivity contribution in [3.63, 3.8) is 0 Å². The van der Waals surface area contributed by atoms with Crippen LogP contribution in [0.4, 0.5) is 9.18 Å². The zero-order chi connectivity index (χ0) is 13.0. The van der Waals surface area contributed by atoms with Crippen LogP contribution in [0.15, 0.2) is 24.3 Å². The molecule has 0 bridgehead atoms. The van der Waals surface area contributed by atoms with E-state index in [0.717, 1.165) is 25.1 Å². The average molecular weight is 251 g/mol. The molecule has 2 N–H and O–H groups in total. The Hall–Kier alpha value is -1.62. The lowest BCUT2D eigenvalue weighted by atomic mass is 10.1. The lowest BCUT2D eigenvalue weighted by Gasteiger charge is -2.14. The Kier molecular flexibility index (Phi) is 4.15. The van der Waals surface area contributed by atoms with Gasteiger partial charge in [0, 0.05) is 13.1 Å². The fourth-order valence-corrected chi connectivity index (χ4v) is 2.11. The average Bonchev–Trinajstić information content (AvgIpc) is 2.72. The monoisotopic (exact) mass is 251 g/mol. The van der Waals surface area contributed by atoms with Crippen LogP contribution in [0, 0.1) is 5.82 Å². The Morgan fingerprint density at radius 1 is 1.44 bits per heavy atom. The second-order valence-electron chi connectivity index (χ2n) is 4.46. The highest BCUT2D eigenvalue weighted by Gasteiger charge is 2.28. The molecule has 0 radical (unpaired) electrons. The Bertz CT molecular complexity index is 407. The largest absolute Gasteiger partial charge is 0.329 e. The zero-order valence-corrected chi connectivity index (χ0v) is 10.4. The Morgan fingerprint density at radius 3 is 2.83 bits per heavy atom. The predicted octanol–water partition coefficient (Wildman–Crippen LogP) is 1.50. The molecule has 1 aromatic carbocycles. The molecule has 1 unspecified atom stereocenters. The first kappa shape index (κ1) is 12.8. The summed E-state index contributed by atoms with van der Waals surface area (Å²) in [6, 6.07) is 6.21. The SMILES string of the molecule is CNCCCN1CC(c2ccc(F)cc2)NC1=O. The predicted molar refractivity (Wildman–Crippen MR) is 67.8 cm³/mol. The van der Waals surface area contributed by atoms with Crippen molar-refractivity contribution in [1.82, 2.24) is 15.5 Å². The van der Waals surface area contributed by atoms with E-state index in [2.05, 4.69) is 10.6 Å². The molecule has 1 saturated heterocycles. The Labute approximate surface area is 106 Å². The highest BCUT2D eigenvalue weighted by atomic mass is 19.1. The van der Waals surface area contributed by atoms with Crippen LogP contribution >= 0.6 is 0 Å². The second-order valence-corrected chi connectivity index (χ2v) is 4.46. The van der Waals surface area contributed by atoms with Crippen molar-refractivity contribution in [2.45, 2.75) is 12.5 Å². The third kappa shape index (κ3) is 2.98. The van der Waals surface area contributed by atoms with Crippen molar-refractivity contribution in [2.24, 2.45) is 0 Å². The number of hydrogen-bond donors (Lipinski definition) is 2. The summed E-state index contributed by atoms with van der Waals surface area (Å²) in [7, 11) is 1.89. The maximum atomic E-state index is 12.8. The van der Waals surface area contributed by atoms with Gasteiger partial charge in [-0.1, -0.05) is 12.1 Å². The number of rotatable bonds is 5. The third-order valence-corrected chi connectivity index (χ3v) is 3.12. The van der Waals surface area contributed by atoms with Gasteiger partial charge in [-0.2, -0.15) is 0 Å². The van der Waals surface area contributed by atoms with E-state index in [4.69, 9.17) is 0 Å². The van der Waals surface area contributed by atoms with Gasteiger partial charge >= 0.3 is 6.03 Å². The Balaban J connectivity index is 1.93. The van der Waals surface area contributed by atoms with Gasteiger partial charge in [0.05, 0.1) is 6.04 Å². The van der Waals surface area contributed by atoms with Gasteiger partial charge in [0.25, 0.3) is 0 Å². The summed E-state index contributed by atoms with van der Waals surface area (Å²) in [5.41, 5.74) is 0.945. The molecule has 0 aromatic heterocycles. The summed E-state index contributed by atoms with van der Waals surface area (Å²) in [5, 5.41) is 5.97. The molecule has 2 amide bonds. The van der Waals surface area contributed by atoms with E-state index in [-0.39, 0.29) is 17.9 Å². The minimum Gasteiger partial charge on any atom is -0.329 e. The van der Waals surface area contributed by atoms with E-state index in [1.54, 1.807) is 17.0 Å². The van der Waals surface area contributed by atoms with Crippen molar-refractivity contribution in [3.8, 4) is 0 Å². The molecule has 5 heteroatoms. The lowest BCUT2D eigenvalue weighted by molar-refractivity contribution is 0.217. The molecule has 1 heterocycles. The number of benzene rings is 1. The number of carbonyl (C=O) groups excluding carboxylic acids is 1. The van der Waals surface area contributed by atoms with E-state index in [1.165, 1.54) is 12.1 Å². The molecule has 1 aromatic rings. The quantitative estimate of drug-likeness (QED) is 0.779. The van der Waals surface area contributed by atoms with Crippen molar-refractivity contribution in [3.05, 3.63) is 35.6 Å². The zero-order valence-electron chi connectivity index (χ0n) is 10.4. The molecule has 1 atom stereocenters. The van der Waals surface area contributed by atoms with E-state index >= 15 is 0 Å². The summed E-state index contributed by atoms with van der Waals surface area (Å²) in [6.07, 6.45) is 0.931. The molecule has 1 aliphatic rings. The van der Waals surface area contributed by atoms with Crippen LogP contribution in [-0.2, 0) is 0 Å². The molecule has 18 heavy (non-hydrogen) atoms. The fraction of sp³-hybridized carbons (Fsp3) is 0.462. The number of halogens is 1. The van der Waals surface area contributed by atoms with Crippen LogP contribution in [0.1, 0.15) is 18.0 Å². The third-order valence-electron chi connectivity index (χ3n) is 3.12. The minimum atomic E-state index is -0.256. The number of amides is 2. The second kappa shape index (κ2) is 5.82. The van der Waals surface area contributed by atoms with Crippen LogP contribution in [0.5, 0.6) is 0 Å². The number of urea groups is 1. The topological polar surface area (TPSA) is 44.4 Å².